The van der Waals surface area contributed by atoms with Crippen molar-refractivity contribution in [2.24, 2.45) is 10.9 Å². The first-order chi connectivity index (χ1) is 10.6. The van der Waals surface area contributed by atoms with Crippen LogP contribution in [0.25, 0.3) is 0 Å². The smallest absolute Gasteiger partial charge is 0.240 e. The third kappa shape index (κ3) is 10.5. The summed E-state index contributed by atoms with van der Waals surface area (Å²) in [6, 6.07) is 0. The zero-order chi connectivity index (χ0) is 18.0. The van der Waals surface area contributed by atoms with Crippen LogP contribution in [0.15, 0.2) is 4.99 Å². The van der Waals surface area contributed by atoms with Crippen LogP contribution in [-0.4, -0.2) is 61.4 Å². The Morgan fingerprint density at radius 1 is 1.17 bits per heavy atom. The van der Waals surface area contributed by atoms with Gasteiger partial charge in [0.1, 0.15) is 0 Å². The number of guanidine groups is 1. The summed E-state index contributed by atoms with van der Waals surface area (Å²) in [5, 5.41) is 8.88. The Labute approximate surface area is 140 Å². The summed E-state index contributed by atoms with van der Waals surface area (Å²) in [4.78, 5) is 29.7. The zero-order valence-electron chi connectivity index (χ0n) is 15.6. The minimum absolute atomic E-state index is 0.0168. The molecule has 0 aromatic rings. The van der Waals surface area contributed by atoms with Crippen LogP contribution in [0.5, 0.6) is 0 Å². The van der Waals surface area contributed by atoms with Gasteiger partial charge in [0, 0.05) is 31.6 Å². The number of hydrogen-bond acceptors (Lipinski definition) is 3. The minimum Gasteiger partial charge on any atom is -0.357 e. The molecule has 0 aliphatic carbocycles. The molecule has 0 unspecified atom stereocenters. The number of likely N-dealkylation sites (N-methyl/N-ethyl adjacent to an activating group) is 1. The van der Waals surface area contributed by atoms with E-state index in [9.17, 15) is 9.59 Å². The van der Waals surface area contributed by atoms with E-state index in [4.69, 9.17) is 0 Å². The number of nitrogens with one attached hydrogen (secondary N) is 3. The van der Waals surface area contributed by atoms with Gasteiger partial charge in [-0.15, -0.1) is 0 Å². The van der Waals surface area contributed by atoms with Gasteiger partial charge in [-0.2, -0.15) is 0 Å². The topological polar surface area (TPSA) is 85.8 Å². The fraction of sp³-hybridized carbons (Fsp3) is 0.812. The van der Waals surface area contributed by atoms with Gasteiger partial charge < -0.3 is 20.9 Å². The lowest BCUT2D eigenvalue weighted by molar-refractivity contribution is -0.124. The molecular formula is C16H33N5O2. The predicted octanol–water partition coefficient (Wildman–Crippen LogP) is 0.571. The third-order valence-electron chi connectivity index (χ3n) is 2.79. The molecule has 0 aromatic carbocycles. The van der Waals surface area contributed by atoms with Gasteiger partial charge in [0.2, 0.25) is 11.8 Å². The predicted molar refractivity (Wildman–Crippen MR) is 94.4 cm³/mol. The van der Waals surface area contributed by atoms with Crippen molar-refractivity contribution in [1.29, 1.82) is 0 Å². The highest BCUT2D eigenvalue weighted by Gasteiger charge is 2.16. The first-order valence-electron chi connectivity index (χ1n) is 8.15. The van der Waals surface area contributed by atoms with Crippen molar-refractivity contribution in [3.05, 3.63) is 0 Å². The quantitative estimate of drug-likeness (QED) is 0.362. The van der Waals surface area contributed by atoms with Crippen molar-refractivity contribution in [3.8, 4) is 0 Å². The summed E-state index contributed by atoms with van der Waals surface area (Å²) in [6.45, 7) is 13.4. The highest BCUT2D eigenvalue weighted by atomic mass is 16.2. The molecule has 0 radical (unpaired) electrons. The lowest BCUT2D eigenvalue weighted by Crippen LogP contribution is -2.49. The maximum Gasteiger partial charge on any atom is 0.240 e. The SMILES string of the molecule is CCNC(=NCCNC(=O)C(C)C)N(C)CC(=O)NC(C)(C)C. The van der Waals surface area contributed by atoms with E-state index < -0.39 is 0 Å². The molecule has 0 fully saturated rings. The Kier molecular flexibility index (Phi) is 9.29. The molecule has 23 heavy (non-hydrogen) atoms. The van der Waals surface area contributed by atoms with E-state index in [1.807, 2.05) is 48.6 Å². The number of carbonyl (C=O) groups excluding carboxylic acids is 2. The Morgan fingerprint density at radius 3 is 2.26 bits per heavy atom. The molecule has 0 saturated heterocycles. The molecule has 7 heteroatoms. The van der Waals surface area contributed by atoms with E-state index >= 15 is 0 Å². The lowest BCUT2D eigenvalue weighted by atomic mass is 10.1. The second-order valence-corrected chi connectivity index (χ2v) is 6.84. The fourth-order valence-corrected chi connectivity index (χ4v) is 1.76. The number of carbonyl (C=O) groups is 2. The molecule has 0 aromatic heterocycles. The standard InChI is InChI=1S/C16H33N5O2/c1-8-17-15(19-10-9-18-14(23)12(2)3)21(7)11-13(22)20-16(4,5)6/h12H,8-11H2,1-7H3,(H,17,19)(H,18,23)(H,20,22). The van der Waals surface area contributed by atoms with Crippen LogP contribution in [0.2, 0.25) is 0 Å². The van der Waals surface area contributed by atoms with Crippen molar-refractivity contribution < 1.29 is 9.59 Å². The number of hydrogen-bond donors (Lipinski definition) is 3. The van der Waals surface area contributed by atoms with Gasteiger partial charge in [-0.3, -0.25) is 14.6 Å². The number of rotatable bonds is 7. The van der Waals surface area contributed by atoms with Crippen LogP contribution >= 0.6 is 0 Å². The Balaban J connectivity index is 4.49. The summed E-state index contributed by atoms with van der Waals surface area (Å²) in [6.07, 6.45) is 0. The van der Waals surface area contributed by atoms with Crippen LogP contribution in [-0.2, 0) is 9.59 Å². The molecule has 0 aliphatic rings. The maximum atomic E-state index is 12.0. The highest BCUT2D eigenvalue weighted by molar-refractivity contribution is 5.86. The van der Waals surface area contributed by atoms with Crippen LogP contribution in [0.4, 0.5) is 0 Å². The second kappa shape index (κ2) is 10.1. The summed E-state index contributed by atoms with van der Waals surface area (Å²) >= 11 is 0. The van der Waals surface area contributed by atoms with E-state index in [1.54, 1.807) is 4.90 Å². The first-order valence-corrected chi connectivity index (χ1v) is 8.15. The van der Waals surface area contributed by atoms with Gasteiger partial charge in [-0.1, -0.05) is 13.8 Å². The van der Waals surface area contributed by atoms with Gasteiger partial charge in [-0.25, -0.2) is 0 Å². The molecule has 0 atom stereocenters. The van der Waals surface area contributed by atoms with Crippen molar-refractivity contribution in [2.45, 2.75) is 47.1 Å². The van der Waals surface area contributed by atoms with Crippen LogP contribution in [0.3, 0.4) is 0 Å². The van der Waals surface area contributed by atoms with E-state index in [2.05, 4.69) is 20.9 Å². The van der Waals surface area contributed by atoms with Gasteiger partial charge in [-0.05, 0) is 27.7 Å². The molecule has 0 spiro atoms. The molecule has 0 bridgehead atoms. The maximum absolute atomic E-state index is 12.0. The van der Waals surface area contributed by atoms with E-state index in [0.29, 0.717) is 25.6 Å². The Morgan fingerprint density at radius 2 is 1.78 bits per heavy atom. The Hall–Kier alpha value is -1.79. The molecule has 0 saturated carbocycles. The lowest BCUT2D eigenvalue weighted by Gasteiger charge is -2.25. The summed E-state index contributed by atoms with van der Waals surface area (Å²) in [5.41, 5.74) is -0.255. The van der Waals surface area contributed by atoms with Crippen molar-refractivity contribution in [3.63, 3.8) is 0 Å². The molecule has 2 amide bonds. The first kappa shape index (κ1) is 21.2. The molecule has 3 N–H and O–H groups in total. The number of amides is 2. The van der Waals surface area contributed by atoms with Crippen molar-refractivity contribution in [2.75, 3.05) is 33.2 Å². The monoisotopic (exact) mass is 327 g/mol. The number of nitrogens with zero attached hydrogens (tertiary/aromatic N) is 2. The highest BCUT2D eigenvalue weighted by Crippen LogP contribution is 1.98. The molecule has 0 rings (SSSR count). The van der Waals surface area contributed by atoms with Crippen molar-refractivity contribution >= 4 is 17.8 Å². The summed E-state index contributed by atoms with van der Waals surface area (Å²) < 4.78 is 0. The molecule has 0 heterocycles. The molecule has 7 nitrogen and oxygen atoms in total. The molecular weight excluding hydrogens is 294 g/mol. The van der Waals surface area contributed by atoms with E-state index in [-0.39, 0.29) is 29.8 Å². The normalized spacial score (nSPS) is 12.1. The van der Waals surface area contributed by atoms with Crippen LogP contribution < -0.4 is 16.0 Å². The Bertz CT molecular complexity index is 413. The third-order valence-corrected chi connectivity index (χ3v) is 2.79. The van der Waals surface area contributed by atoms with E-state index in [1.165, 1.54) is 0 Å². The van der Waals surface area contributed by atoms with Gasteiger partial charge >= 0.3 is 0 Å². The zero-order valence-corrected chi connectivity index (χ0v) is 15.6. The van der Waals surface area contributed by atoms with Gasteiger partial charge in [0.25, 0.3) is 0 Å². The average molecular weight is 327 g/mol. The van der Waals surface area contributed by atoms with Crippen LogP contribution in [0, 0.1) is 5.92 Å². The number of aliphatic imine (C=N–C) groups is 1. The summed E-state index contributed by atoms with van der Waals surface area (Å²) in [7, 11) is 1.82. The van der Waals surface area contributed by atoms with Gasteiger partial charge in [0.05, 0.1) is 13.1 Å². The fourth-order valence-electron chi connectivity index (χ4n) is 1.76. The summed E-state index contributed by atoms with van der Waals surface area (Å²) in [5.74, 6) is 0.577. The molecule has 0 aliphatic heterocycles. The minimum atomic E-state index is -0.255. The largest absolute Gasteiger partial charge is 0.357 e. The second-order valence-electron chi connectivity index (χ2n) is 6.84. The van der Waals surface area contributed by atoms with Gasteiger partial charge in [0.15, 0.2) is 5.96 Å². The molecule has 134 valence electrons. The van der Waals surface area contributed by atoms with Crippen LogP contribution in [0.1, 0.15) is 41.5 Å². The van der Waals surface area contributed by atoms with E-state index in [0.717, 1.165) is 0 Å². The average Bonchev–Trinajstić information content (AvgIpc) is 2.39. The van der Waals surface area contributed by atoms with Crippen molar-refractivity contribution in [1.82, 2.24) is 20.9 Å².